The summed E-state index contributed by atoms with van der Waals surface area (Å²) in [6, 6.07) is 0. The first-order chi connectivity index (χ1) is 4.25. The lowest BCUT2D eigenvalue weighted by molar-refractivity contribution is 0.692. The van der Waals surface area contributed by atoms with Gasteiger partial charge in [-0.15, -0.1) is 0 Å². The van der Waals surface area contributed by atoms with Crippen LogP contribution in [-0.2, 0) is 6.54 Å². The van der Waals surface area contributed by atoms with Gasteiger partial charge < -0.3 is 4.57 Å². The first-order valence-electron chi connectivity index (χ1n) is 2.83. The van der Waals surface area contributed by atoms with Gasteiger partial charge in [-0.2, -0.15) is 4.37 Å². The molecule has 0 spiro atoms. The summed E-state index contributed by atoms with van der Waals surface area (Å²) >= 11 is 1.24. The lowest BCUT2D eigenvalue weighted by atomic mass is 10.6. The summed E-state index contributed by atoms with van der Waals surface area (Å²) in [4.78, 5) is 0.537. The molecule has 1 heterocycles. The Morgan fingerprint density at radius 2 is 2.44 bits per heavy atom. The van der Waals surface area contributed by atoms with Gasteiger partial charge in [-0.3, -0.25) is 5.41 Å². The second kappa shape index (κ2) is 2.31. The summed E-state index contributed by atoms with van der Waals surface area (Å²) in [6.45, 7) is 4.78. The molecule has 0 saturated carbocycles. The van der Waals surface area contributed by atoms with Crippen LogP contribution in [0.25, 0.3) is 0 Å². The molecule has 1 N–H and O–H groups in total. The van der Waals surface area contributed by atoms with Gasteiger partial charge in [-0.05, 0) is 13.8 Å². The second-order valence-corrected chi connectivity index (χ2v) is 2.53. The van der Waals surface area contributed by atoms with Crippen molar-refractivity contribution in [2.75, 3.05) is 0 Å². The number of nitrogens with one attached hydrogen (secondary N) is 1. The minimum Gasteiger partial charge on any atom is -0.305 e. The first-order valence-corrected chi connectivity index (χ1v) is 3.60. The molecule has 0 saturated heterocycles. The average molecular weight is 143 g/mol. The smallest absolute Gasteiger partial charge is 0.201 e. The molecule has 0 amide bonds. The molecule has 0 aromatic carbocycles. The van der Waals surface area contributed by atoms with Gasteiger partial charge in [0, 0.05) is 18.1 Å². The van der Waals surface area contributed by atoms with Crippen LogP contribution < -0.4 is 4.80 Å². The number of aromatic nitrogens is 2. The van der Waals surface area contributed by atoms with Crippen molar-refractivity contribution in [1.29, 1.82) is 5.41 Å². The maximum atomic E-state index is 7.31. The van der Waals surface area contributed by atoms with Crippen molar-refractivity contribution in [2.45, 2.75) is 20.4 Å². The Bertz CT molecular complexity index is 247. The fraction of sp³-hybridized carbons (Fsp3) is 0.600. The highest BCUT2D eigenvalue weighted by Gasteiger charge is 1.95. The molecule has 0 aliphatic rings. The van der Waals surface area contributed by atoms with E-state index in [0.29, 0.717) is 4.80 Å². The van der Waals surface area contributed by atoms with Crippen molar-refractivity contribution in [3.8, 4) is 0 Å². The molecule has 0 radical (unpaired) electrons. The molecular formula is C5H9N3S. The minimum absolute atomic E-state index is 0.537. The van der Waals surface area contributed by atoms with Crippen molar-refractivity contribution >= 4 is 11.5 Å². The van der Waals surface area contributed by atoms with Crippen LogP contribution in [0, 0.1) is 12.3 Å². The summed E-state index contributed by atoms with van der Waals surface area (Å²) in [5, 5.41) is 7.31. The van der Waals surface area contributed by atoms with Gasteiger partial charge in [0.25, 0.3) is 0 Å². The van der Waals surface area contributed by atoms with Gasteiger partial charge in [0.05, 0.1) is 0 Å². The van der Waals surface area contributed by atoms with E-state index in [4.69, 9.17) is 5.41 Å². The number of rotatable bonds is 1. The van der Waals surface area contributed by atoms with E-state index >= 15 is 0 Å². The van der Waals surface area contributed by atoms with Crippen molar-refractivity contribution in [3.63, 3.8) is 0 Å². The fourth-order valence-corrected chi connectivity index (χ4v) is 1.40. The van der Waals surface area contributed by atoms with E-state index in [1.54, 1.807) is 0 Å². The topological polar surface area (TPSA) is 41.7 Å². The van der Waals surface area contributed by atoms with Crippen LogP contribution in [0.15, 0.2) is 0 Å². The normalized spacial score (nSPS) is 10.0. The molecule has 0 aliphatic heterocycles. The average Bonchev–Trinajstić information content (AvgIpc) is 2.12. The largest absolute Gasteiger partial charge is 0.305 e. The summed E-state index contributed by atoms with van der Waals surface area (Å²) in [5.74, 6) is 0.938. The van der Waals surface area contributed by atoms with Crippen LogP contribution in [0.2, 0.25) is 0 Å². The number of aryl methyl sites for hydroxylation is 1. The zero-order valence-electron chi connectivity index (χ0n) is 5.51. The maximum Gasteiger partial charge on any atom is 0.201 e. The monoisotopic (exact) mass is 143 g/mol. The predicted octanol–water partition coefficient (Wildman–Crippen LogP) is 0.752. The van der Waals surface area contributed by atoms with E-state index in [9.17, 15) is 0 Å². The molecule has 1 rings (SSSR count). The van der Waals surface area contributed by atoms with E-state index in [1.165, 1.54) is 11.5 Å². The zero-order chi connectivity index (χ0) is 6.85. The van der Waals surface area contributed by atoms with Gasteiger partial charge in [0.1, 0.15) is 5.82 Å². The minimum atomic E-state index is 0.537. The predicted molar refractivity (Wildman–Crippen MR) is 36.4 cm³/mol. The fourth-order valence-electron chi connectivity index (χ4n) is 0.727. The molecule has 4 heteroatoms. The standard InChI is InChI=1S/C5H9N3S/c1-3-8-4(2)7-9-5(8)6/h6H,3H2,1-2H3. The Hall–Kier alpha value is -0.640. The van der Waals surface area contributed by atoms with Gasteiger partial charge in [-0.1, -0.05) is 0 Å². The van der Waals surface area contributed by atoms with Crippen LogP contribution >= 0.6 is 11.5 Å². The van der Waals surface area contributed by atoms with Gasteiger partial charge >= 0.3 is 0 Å². The Morgan fingerprint density at radius 1 is 1.78 bits per heavy atom. The molecule has 9 heavy (non-hydrogen) atoms. The highest BCUT2D eigenvalue weighted by Crippen LogP contribution is 1.90. The number of hydrogen-bond acceptors (Lipinski definition) is 3. The lowest BCUT2D eigenvalue weighted by Crippen LogP contribution is -2.12. The Morgan fingerprint density at radius 3 is 2.67 bits per heavy atom. The number of nitrogens with zero attached hydrogens (tertiary/aromatic N) is 2. The Kier molecular flexibility index (Phi) is 1.66. The van der Waals surface area contributed by atoms with Crippen LogP contribution in [0.1, 0.15) is 12.7 Å². The summed E-state index contributed by atoms with van der Waals surface area (Å²) in [7, 11) is 0. The molecule has 3 nitrogen and oxygen atoms in total. The van der Waals surface area contributed by atoms with Crippen LogP contribution in [-0.4, -0.2) is 8.94 Å². The third kappa shape index (κ3) is 1.03. The summed E-state index contributed by atoms with van der Waals surface area (Å²) in [6.07, 6.45) is 0. The summed E-state index contributed by atoms with van der Waals surface area (Å²) in [5.41, 5.74) is 0. The molecule has 50 valence electrons. The SMILES string of the molecule is CCn1c(C)nsc1=N. The van der Waals surface area contributed by atoms with Gasteiger partial charge in [0.2, 0.25) is 4.80 Å². The molecule has 1 aromatic rings. The Balaban J connectivity index is 3.23. The van der Waals surface area contributed by atoms with Crippen LogP contribution in [0.3, 0.4) is 0 Å². The van der Waals surface area contributed by atoms with E-state index in [0.717, 1.165) is 12.4 Å². The molecule has 0 atom stereocenters. The van der Waals surface area contributed by atoms with Crippen molar-refractivity contribution in [2.24, 2.45) is 0 Å². The van der Waals surface area contributed by atoms with Gasteiger partial charge in [-0.25, -0.2) is 0 Å². The van der Waals surface area contributed by atoms with E-state index in [1.807, 2.05) is 18.4 Å². The molecule has 0 bridgehead atoms. The second-order valence-electron chi connectivity index (χ2n) is 1.78. The quantitative estimate of drug-likeness (QED) is 0.619. The highest BCUT2D eigenvalue weighted by atomic mass is 32.1. The van der Waals surface area contributed by atoms with E-state index in [-0.39, 0.29) is 0 Å². The Labute approximate surface area is 57.6 Å². The van der Waals surface area contributed by atoms with Crippen molar-refractivity contribution < 1.29 is 0 Å². The highest BCUT2D eigenvalue weighted by molar-refractivity contribution is 7.02. The zero-order valence-corrected chi connectivity index (χ0v) is 6.33. The van der Waals surface area contributed by atoms with Crippen molar-refractivity contribution in [3.05, 3.63) is 10.6 Å². The first kappa shape index (κ1) is 6.48. The summed E-state index contributed by atoms with van der Waals surface area (Å²) < 4.78 is 5.87. The molecular weight excluding hydrogens is 134 g/mol. The third-order valence-electron chi connectivity index (χ3n) is 1.22. The van der Waals surface area contributed by atoms with E-state index < -0.39 is 0 Å². The van der Waals surface area contributed by atoms with Gasteiger partial charge in [0.15, 0.2) is 0 Å². The van der Waals surface area contributed by atoms with Crippen LogP contribution in [0.5, 0.6) is 0 Å². The maximum absolute atomic E-state index is 7.31. The van der Waals surface area contributed by atoms with Crippen molar-refractivity contribution in [1.82, 2.24) is 8.94 Å². The number of hydrogen-bond donors (Lipinski definition) is 1. The molecule has 0 unspecified atom stereocenters. The molecule has 1 aromatic heterocycles. The molecule has 0 aliphatic carbocycles. The third-order valence-corrected chi connectivity index (χ3v) is 1.97. The van der Waals surface area contributed by atoms with Crippen LogP contribution in [0.4, 0.5) is 0 Å². The van der Waals surface area contributed by atoms with E-state index in [2.05, 4.69) is 4.37 Å². The molecule has 0 fully saturated rings. The lowest BCUT2D eigenvalue weighted by Gasteiger charge is -1.94.